The fourth-order valence-corrected chi connectivity index (χ4v) is 7.30. The molecule has 4 aromatic heterocycles. The van der Waals surface area contributed by atoms with Crippen LogP contribution < -0.4 is 0 Å². The molecule has 0 aliphatic heterocycles. The lowest BCUT2D eigenvalue weighted by Gasteiger charge is -2.10. The number of fused-ring (bicyclic) bond motifs is 13. The van der Waals surface area contributed by atoms with Gasteiger partial charge in [0.25, 0.3) is 0 Å². The number of hydrogen-bond acceptors (Lipinski definition) is 2. The minimum absolute atomic E-state index is 0.708. The molecule has 6 aromatic carbocycles. The summed E-state index contributed by atoms with van der Waals surface area (Å²) in [5.41, 5.74) is 7.93. The van der Waals surface area contributed by atoms with Gasteiger partial charge in [-0.1, -0.05) is 84.9 Å². The van der Waals surface area contributed by atoms with E-state index in [4.69, 9.17) is 9.97 Å². The first kappa shape index (κ1) is 21.4. The number of nitrogens with zero attached hydrogens (tertiary/aromatic N) is 4. The molecule has 0 spiro atoms. The summed E-state index contributed by atoms with van der Waals surface area (Å²) in [5, 5.41) is 11.1. The topological polar surface area (TPSA) is 35.1 Å². The lowest BCUT2D eigenvalue weighted by atomic mass is 10.0. The molecule has 10 rings (SSSR count). The number of aryl methyl sites for hydroxylation is 1. The predicted octanol–water partition coefficient (Wildman–Crippen LogP) is 9.34. The Kier molecular flexibility index (Phi) is 3.84. The highest BCUT2D eigenvalue weighted by molar-refractivity contribution is 6.36. The van der Waals surface area contributed by atoms with Crippen molar-refractivity contribution in [2.45, 2.75) is 6.92 Å². The van der Waals surface area contributed by atoms with Gasteiger partial charge in [0.1, 0.15) is 0 Å². The molecule has 0 bridgehead atoms. The molecule has 10 aromatic rings. The van der Waals surface area contributed by atoms with Crippen LogP contribution in [-0.2, 0) is 0 Å². The van der Waals surface area contributed by atoms with Gasteiger partial charge in [0.05, 0.1) is 38.8 Å². The second kappa shape index (κ2) is 7.38. The van der Waals surface area contributed by atoms with Gasteiger partial charge in [-0.25, -0.2) is 9.97 Å². The summed E-state index contributed by atoms with van der Waals surface area (Å²) in [6.45, 7) is 2.08. The van der Waals surface area contributed by atoms with Gasteiger partial charge in [-0.05, 0) is 48.0 Å². The standard InChI is InChI=1S/C37H22N4/c1-21-23-11-4-7-15-29(23)39-37(38-21)41-32-19-18-22-10-2-3-12-24(22)33(32)28-20-27-25-13-5-8-16-30(25)40-31-17-9-6-14-26(31)34(35(27)40)36(28)41/h2-20H,1H3. The second-order valence-electron chi connectivity index (χ2n) is 11.1. The van der Waals surface area contributed by atoms with Gasteiger partial charge >= 0.3 is 0 Å². The molecule has 0 unspecified atom stereocenters. The Bertz CT molecular complexity index is 2710. The Morgan fingerprint density at radius 3 is 2.02 bits per heavy atom. The van der Waals surface area contributed by atoms with Crippen molar-refractivity contribution in [2.75, 3.05) is 0 Å². The summed E-state index contributed by atoms with van der Waals surface area (Å²) in [4.78, 5) is 10.3. The van der Waals surface area contributed by atoms with E-state index in [9.17, 15) is 0 Å². The number of benzene rings is 6. The van der Waals surface area contributed by atoms with Crippen molar-refractivity contribution in [2.24, 2.45) is 0 Å². The van der Waals surface area contributed by atoms with Crippen molar-refractivity contribution in [3.05, 3.63) is 121 Å². The number of hydrogen-bond donors (Lipinski definition) is 0. The Hall–Kier alpha value is -5.48. The third-order valence-corrected chi connectivity index (χ3v) is 8.97. The molecule has 4 nitrogen and oxygen atoms in total. The molecule has 0 aliphatic carbocycles. The summed E-state index contributed by atoms with van der Waals surface area (Å²) in [6, 6.07) is 41.5. The van der Waals surface area contributed by atoms with E-state index in [-0.39, 0.29) is 0 Å². The van der Waals surface area contributed by atoms with Crippen molar-refractivity contribution in [1.82, 2.24) is 18.9 Å². The fraction of sp³-hybridized carbons (Fsp3) is 0.0270. The van der Waals surface area contributed by atoms with Crippen LogP contribution in [0.5, 0.6) is 0 Å². The first-order valence-corrected chi connectivity index (χ1v) is 14.0. The van der Waals surface area contributed by atoms with Crippen LogP contribution in [0.4, 0.5) is 0 Å². The van der Waals surface area contributed by atoms with Gasteiger partial charge in [0, 0.05) is 37.7 Å². The minimum Gasteiger partial charge on any atom is -0.308 e. The van der Waals surface area contributed by atoms with Crippen LogP contribution in [0.2, 0.25) is 0 Å². The third kappa shape index (κ3) is 2.56. The first-order chi connectivity index (χ1) is 20.3. The largest absolute Gasteiger partial charge is 0.308 e. The molecular formula is C37H22N4. The summed E-state index contributed by atoms with van der Waals surface area (Å²) in [7, 11) is 0. The van der Waals surface area contributed by atoms with Crippen LogP contribution in [0.1, 0.15) is 5.69 Å². The Balaban J connectivity index is 1.56. The molecule has 0 N–H and O–H groups in total. The summed E-state index contributed by atoms with van der Waals surface area (Å²) in [5.74, 6) is 0.708. The van der Waals surface area contributed by atoms with Gasteiger partial charge < -0.3 is 4.40 Å². The molecule has 41 heavy (non-hydrogen) atoms. The Morgan fingerprint density at radius 1 is 0.488 bits per heavy atom. The van der Waals surface area contributed by atoms with Crippen molar-refractivity contribution < 1.29 is 0 Å². The quantitative estimate of drug-likeness (QED) is 0.215. The summed E-state index contributed by atoms with van der Waals surface area (Å²) < 4.78 is 4.76. The van der Waals surface area contributed by atoms with Crippen molar-refractivity contribution >= 4 is 81.6 Å². The highest BCUT2D eigenvalue weighted by atomic mass is 15.2. The van der Waals surface area contributed by atoms with Crippen LogP contribution in [0.3, 0.4) is 0 Å². The van der Waals surface area contributed by atoms with Crippen LogP contribution in [0, 0.1) is 6.92 Å². The maximum atomic E-state index is 5.18. The van der Waals surface area contributed by atoms with E-state index in [0.29, 0.717) is 5.95 Å². The van der Waals surface area contributed by atoms with Crippen molar-refractivity contribution in [1.29, 1.82) is 0 Å². The van der Waals surface area contributed by atoms with Gasteiger partial charge in [-0.2, -0.15) is 0 Å². The molecule has 0 saturated carbocycles. The van der Waals surface area contributed by atoms with Crippen LogP contribution in [0.15, 0.2) is 115 Å². The van der Waals surface area contributed by atoms with E-state index in [0.717, 1.165) is 27.6 Å². The van der Waals surface area contributed by atoms with Gasteiger partial charge in [-0.15, -0.1) is 0 Å². The molecular weight excluding hydrogens is 500 g/mol. The maximum Gasteiger partial charge on any atom is 0.235 e. The zero-order chi connectivity index (χ0) is 26.8. The average molecular weight is 523 g/mol. The maximum absolute atomic E-state index is 5.18. The fourth-order valence-electron chi connectivity index (χ4n) is 7.30. The van der Waals surface area contributed by atoms with E-state index < -0.39 is 0 Å². The van der Waals surface area contributed by atoms with Gasteiger partial charge in [0.15, 0.2) is 0 Å². The lowest BCUT2D eigenvalue weighted by molar-refractivity contribution is 0.992. The van der Waals surface area contributed by atoms with Crippen LogP contribution >= 0.6 is 0 Å². The molecule has 190 valence electrons. The number of rotatable bonds is 1. The van der Waals surface area contributed by atoms with E-state index in [1.165, 1.54) is 59.6 Å². The first-order valence-electron chi connectivity index (χ1n) is 14.0. The van der Waals surface area contributed by atoms with E-state index in [1.54, 1.807) is 0 Å². The molecule has 0 radical (unpaired) electrons. The monoisotopic (exact) mass is 522 g/mol. The van der Waals surface area contributed by atoms with Gasteiger partial charge in [-0.3, -0.25) is 4.57 Å². The summed E-state index contributed by atoms with van der Waals surface area (Å²) in [6.07, 6.45) is 0. The Morgan fingerprint density at radius 2 is 1.17 bits per heavy atom. The number of aromatic nitrogens is 4. The van der Waals surface area contributed by atoms with E-state index in [1.807, 2.05) is 0 Å². The molecule has 0 amide bonds. The minimum atomic E-state index is 0.708. The SMILES string of the molecule is Cc1nc(-n2c3ccc4ccccc4c3c3cc4c5ccccc5n5c6ccccc6c(c32)c45)nc2ccccc12. The molecule has 0 fully saturated rings. The second-order valence-corrected chi connectivity index (χ2v) is 11.1. The lowest BCUT2D eigenvalue weighted by Crippen LogP contribution is -2.03. The van der Waals surface area contributed by atoms with Crippen LogP contribution in [0.25, 0.3) is 87.5 Å². The van der Waals surface area contributed by atoms with Crippen LogP contribution in [-0.4, -0.2) is 18.9 Å². The summed E-state index contributed by atoms with van der Waals surface area (Å²) >= 11 is 0. The highest BCUT2D eigenvalue weighted by Crippen LogP contribution is 2.47. The van der Waals surface area contributed by atoms with Gasteiger partial charge in [0.2, 0.25) is 5.95 Å². The smallest absolute Gasteiger partial charge is 0.235 e. The molecule has 4 heterocycles. The normalized spacial score (nSPS) is 12.5. The zero-order valence-corrected chi connectivity index (χ0v) is 22.3. The van der Waals surface area contributed by atoms with E-state index in [2.05, 4.69) is 131 Å². The third-order valence-electron chi connectivity index (χ3n) is 8.97. The van der Waals surface area contributed by atoms with E-state index >= 15 is 0 Å². The molecule has 0 atom stereocenters. The molecule has 0 aliphatic rings. The average Bonchev–Trinajstić information content (AvgIpc) is 3.65. The molecule has 4 heteroatoms. The Labute approximate surface area is 234 Å². The predicted molar refractivity (Wildman–Crippen MR) is 171 cm³/mol. The highest BCUT2D eigenvalue weighted by Gasteiger charge is 2.25. The van der Waals surface area contributed by atoms with Crippen molar-refractivity contribution in [3.8, 4) is 5.95 Å². The molecule has 0 saturated heterocycles. The zero-order valence-electron chi connectivity index (χ0n) is 22.3. The number of para-hydroxylation sites is 3. The van der Waals surface area contributed by atoms with Crippen molar-refractivity contribution in [3.63, 3.8) is 0 Å².